The molecule has 0 amide bonds. The number of nitrogens with zero attached hydrogens (tertiary/aromatic N) is 2. The van der Waals surface area contributed by atoms with Crippen LogP contribution in [0.4, 0.5) is 8.78 Å². The molecule has 2 aromatic rings. The summed E-state index contributed by atoms with van der Waals surface area (Å²) in [6.07, 6.45) is 1.18. The predicted molar refractivity (Wildman–Crippen MR) is 46.2 cm³/mol. The van der Waals surface area contributed by atoms with Gasteiger partial charge in [0, 0.05) is 0 Å². The van der Waals surface area contributed by atoms with Gasteiger partial charge < -0.3 is 4.74 Å². The molecule has 0 bridgehead atoms. The van der Waals surface area contributed by atoms with E-state index in [1.165, 1.54) is 6.20 Å². The molecule has 72 valence electrons. The molecule has 0 N–H and O–H groups in total. The van der Waals surface area contributed by atoms with Crippen LogP contribution < -0.4 is 4.74 Å². The first-order valence-corrected chi connectivity index (χ1v) is 3.92. The lowest BCUT2D eigenvalue weighted by Crippen LogP contribution is -2.03. The molecule has 1 aromatic heterocycles. The maximum atomic E-state index is 11.8. The third-order valence-electron chi connectivity index (χ3n) is 1.64. The minimum absolute atomic E-state index is 0.168. The van der Waals surface area contributed by atoms with Gasteiger partial charge in [0.05, 0.1) is 17.2 Å². The fourth-order valence-corrected chi connectivity index (χ4v) is 1.09. The van der Waals surface area contributed by atoms with Crippen molar-refractivity contribution < 1.29 is 13.5 Å². The van der Waals surface area contributed by atoms with Crippen LogP contribution >= 0.6 is 0 Å². The highest BCUT2D eigenvalue weighted by Crippen LogP contribution is 2.14. The van der Waals surface area contributed by atoms with Crippen LogP contribution in [0.15, 0.2) is 30.5 Å². The van der Waals surface area contributed by atoms with Gasteiger partial charge in [0.15, 0.2) is 0 Å². The van der Waals surface area contributed by atoms with E-state index in [1.807, 2.05) is 0 Å². The fraction of sp³-hybridized carbons (Fsp3) is 0.111. The third kappa shape index (κ3) is 1.76. The van der Waals surface area contributed by atoms with Crippen molar-refractivity contribution in [2.45, 2.75) is 6.61 Å². The van der Waals surface area contributed by atoms with Crippen molar-refractivity contribution in [3.8, 4) is 5.88 Å². The Morgan fingerprint density at radius 2 is 1.86 bits per heavy atom. The number of fused-ring (bicyclic) bond motifs is 1. The summed E-state index contributed by atoms with van der Waals surface area (Å²) in [5, 5.41) is 0. The highest BCUT2D eigenvalue weighted by molar-refractivity contribution is 5.73. The Hall–Kier alpha value is -1.78. The van der Waals surface area contributed by atoms with Gasteiger partial charge in [0.1, 0.15) is 0 Å². The van der Waals surface area contributed by atoms with E-state index < -0.39 is 6.61 Å². The molecule has 0 aliphatic rings. The Morgan fingerprint density at radius 3 is 2.57 bits per heavy atom. The topological polar surface area (TPSA) is 35.0 Å². The SMILES string of the molecule is FC(F)Oc1cnc2ccccc2n1. The normalized spacial score (nSPS) is 10.8. The van der Waals surface area contributed by atoms with E-state index in [1.54, 1.807) is 24.3 Å². The molecule has 3 nitrogen and oxygen atoms in total. The van der Waals surface area contributed by atoms with E-state index in [4.69, 9.17) is 0 Å². The van der Waals surface area contributed by atoms with Crippen molar-refractivity contribution in [1.29, 1.82) is 0 Å². The number of hydrogen-bond acceptors (Lipinski definition) is 3. The molecule has 0 fully saturated rings. The Balaban J connectivity index is 2.41. The van der Waals surface area contributed by atoms with Gasteiger partial charge in [-0.3, -0.25) is 0 Å². The van der Waals surface area contributed by atoms with Crippen molar-refractivity contribution in [1.82, 2.24) is 9.97 Å². The van der Waals surface area contributed by atoms with E-state index in [9.17, 15) is 8.78 Å². The molecule has 1 heterocycles. The van der Waals surface area contributed by atoms with Crippen LogP contribution in [0.2, 0.25) is 0 Å². The molecule has 0 saturated heterocycles. The molecule has 0 saturated carbocycles. The Labute approximate surface area is 78.4 Å². The lowest BCUT2D eigenvalue weighted by atomic mass is 10.3. The van der Waals surface area contributed by atoms with Gasteiger partial charge in [-0.1, -0.05) is 12.1 Å². The van der Waals surface area contributed by atoms with Crippen LogP contribution in [0.5, 0.6) is 5.88 Å². The quantitative estimate of drug-likeness (QED) is 0.738. The number of rotatable bonds is 2. The average molecular weight is 196 g/mol. The van der Waals surface area contributed by atoms with Gasteiger partial charge in [0.25, 0.3) is 0 Å². The van der Waals surface area contributed by atoms with Crippen LogP contribution in [0.25, 0.3) is 11.0 Å². The third-order valence-corrected chi connectivity index (χ3v) is 1.64. The molecule has 0 atom stereocenters. The first-order valence-electron chi connectivity index (χ1n) is 3.92. The number of para-hydroxylation sites is 2. The lowest BCUT2D eigenvalue weighted by Gasteiger charge is -2.03. The number of benzene rings is 1. The maximum Gasteiger partial charge on any atom is 0.388 e. The zero-order chi connectivity index (χ0) is 9.97. The minimum atomic E-state index is -2.87. The highest BCUT2D eigenvalue weighted by Gasteiger charge is 2.06. The fourth-order valence-electron chi connectivity index (χ4n) is 1.09. The summed E-state index contributed by atoms with van der Waals surface area (Å²) in [4.78, 5) is 7.76. The summed E-state index contributed by atoms with van der Waals surface area (Å²) in [5.41, 5.74) is 1.18. The molecule has 0 aliphatic carbocycles. The second-order valence-corrected chi connectivity index (χ2v) is 2.58. The smallest absolute Gasteiger partial charge is 0.388 e. The van der Waals surface area contributed by atoms with Crippen molar-refractivity contribution in [2.24, 2.45) is 0 Å². The minimum Gasteiger partial charge on any atom is -0.415 e. The van der Waals surface area contributed by atoms with Crippen LogP contribution in [0.1, 0.15) is 0 Å². The Bertz CT molecular complexity index is 448. The first kappa shape index (κ1) is 8.80. The molecular formula is C9H6F2N2O. The second-order valence-electron chi connectivity index (χ2n) is 2.58. The van der Waals surface area contributed by atoms with E-state index in [0.29, 0.717) is 11.0 Å². The largest absolute Gasteiger partial charge is 0.415 e. The average Bonchev–Trinajstić information content (AvgIpc) is 2.17. The Kier molecular flexibility index (Phi) is 2.22. The van der Waals surface area contributed by atoms with E-state index >= 15 is 0 Å². The van der Waals surface area contributed by atoms with Crippen molar-refractivity contribution in [2.75, 3.05) is 0 Å². The zero-order valence-corrected chi connectivity index (χ0v) is 7.02. The molecule has 0 aliphatic heterocycles. The second kappa shape index (κ2) is 3.53. The van der Waals surface area contributed by atoms with Crippen LogP contribution in [-0.4, -0.2) is 16.6 Å². The predicted octanol–water partition coefficient (Wildman–Crippen LogP) is 2.23. The van der Waals surface area contributed by atoms with Gasteiger partial charge >= 0.3 is 6.61 Å². The van der Waals surface area contributed by atoms with Gasteiger partial charge in [-0.15, -0.1) is 0 Å². The summed E-state index contributed by atoms with van der Waals surface area (Å²) in [7, 11) is 0. The summed E-state index contributed by atoms with van der Waals surface area (Å²) in [5.74, 6) is -0.168. The zero-order valence-electron chi connectivity index (χ0n) is 7.02. The summed E-state index contributed by atoms with van der Waals surface area (Å²) in [6, 6.07) is 6.98. The molecular weight excluding hydrogens is 190 g/mol. The molecule has 0 spiro atoms. The van der Waals surface area contributed by atoms with Crippen molar-refractivity contribution in [3.05, 3.63) is 30.5 Å². The highest BCUT2D eigenvalue weighted by atomic mass is 19.3. The van der Waals surface area contributed by atoms with Crippen molar-refractivity contribution in [3.63, 3.8) is 0 Å². The lowest BCUT2D eigenvalue weighted by molar-refractivity contribution is -0.0528. The van der Waals surface area contributed by atoms with E-state index in [2.05, 4.69) is 14.7 Å². The van der Waals surface area contributed by atoms with E-state index in [0.717, 1.165) is 0 Å². The number of aromatic nitrogens is 2. The van der Waals surface area contributed by atoms with Gasteiger partial charge in [-0.2, -0.15) is 8.78 Å². The van der Waals surface area contributed by atoms with Gasteiger partial charge in [-0.05, 0) is 12.1 Å². The maximum absolute atomic E-state index is 11.8. The van der Waals surface area contributed by atoms with Crippen LogP contribution in [0, 0.1) is 0 Å². The van der Waals surface area contributed by atoms with Crippen LogP contribution in [-0.2, 0) is 0 Å². The molecule has 0 radical (unpaired) electrons. The van der Waals surface area contributed by atoms with Gasteiger partial charge in [-0.25, -0.2) is 9.97 Å². The number of ether oxygens (including phenoxy) is 1. The van der Waals surface area contributed by atoms with Gasteiger partial charge in [0.2, 0.25) is 5.88 Å². The molecule has 1 aromatic carbocycles. The number of hydrogen-bond donors (Lipinski definition) is 0. The molecule has 0 unspecified atom stereocenters. The summed E-state index contributed by atoms with van der Waals surface area (Å²) >= 11 is 0. The van der Waals surface area contributed by atoms with Crippen LogP contribution in [0.3, 0.4) is 0 Å². The summed E-state index contributed by atoms with van der Waals surface area (Å²) in [6.45, 7) is -2.87. The Morgan fingerprint density at radius 1 is 1.14 bits per heavy atom. The summed E-state index contributed by atoms with van der Waals surface area (Å²) < 4.78 is 27.8. The monoisotopic (exact) mass is 196 g/mol. The standard InChI is InChI=1S/C9H6F2N2O/c10-9(11)14-8-5-12-6-3-1-2-4-7(6)13-8/h1-5,9H. The first-order chi connectivity index (χ1) is 6.75. The van der Waals surface area contributed by atoms with Crippen molar-refractivity contribution >= 4 is 11.0 Å². The van der Waals surface area contributed by atoms with E-state index in [-0.39, 0.29) is 5.88 Å². The molecule has 5 heteroatoms. The number of alkyl halides is 2. The molecule has 14 heavy (non-hydrogen) atoms. The molecule has 2 rings (SSSR count). The number of halogens is 2.